The summed E-state index contributed by atoms with van der Waals surface area (Å²) in [6, 6.07) is 0. The molecule has 0 bridgehead atoms. The Hall–Kier alpha value is -0.830. The zero-order valence-corrected chi connectivity index (χ0v) is 8.81. The second-order valence-electron chi connectivity index (χ2n) is 3.95. The second-order valence-corrected chi connectivity index (χ2v) is 3.95. The molecule has 0 amide bonds. The topological polar surface area (TPSA) is 38.1 Å². The molecule has 0 saturated carbocycles. The molecule has 0 spiro atoms. The molecule has 2 rings (SSSR count). The molecule has 78 valence electrons. The van der Waals surface area contributed by atoms with Gasteiger partial charge in [-0.25, -0.2) is 0 Å². The van der Waals surface area contributed by atoms with Gasteiger partial charge >= 0.3 is 0 Å². The summed E-state index contributed by atoms with van der Waals surface area (Å²) in [5, 5.41) is 7.31. The van der Waals surface area contributed by atoms with Gasteiger partial charge in [0.2, 0.25) is 0 Å². The van der Waals surface area contributed by atoms with Gasteiger partial charge in [-0.15, -0.1) is 0 Å². The Morgan fingerprint density at radius 3 is 3.00 bits per heavy atom. The van der Waals surface area contributed by atoms with Crippen molar-refractivity contribution in [3.63, 3.8) is 0 Å². The minimum absolute atomic E-state index is 0.971. The maximum atomic E-state index is 5.39. The third-order valence-corrected chi connectivity index (χ3v) is 2.89. The number of fused-ring (bicyclic) bond motifs is 1. The summed E-state index contributed by atoms with van der Waals surface area (Å²) in [6.07, 6.45) is 7.14. The Morgan fingerprint density at radius 2 is 2.14 bits per heavy atom. The van der Waals surface area contributed by atoms with Gasteiger partial charge in [0.15, 0.2) is 0 Å². The number of nitrogens with zero attached hydrogens (tertiary/aromatic N) is 1. The number of hydrogen-bond donors (Lipinski definition) is 1. The predicted molar refractivity (Wildman–Crippen MR) is 55.4 cm³/mol. The maximum absolute atomic E-state index is 5.39. The minimum atomic E-state index is 0.971. The van der Waals surface area contributed by atoms with E-state index >= 15 is 0 Å². The van der Waals surface area contributed by atoms with Crippen LogP contribution in [0.1, 0.15) is 36.3 Å². The van der Waals surface area contributed by atoms with Gasteiger partial charge in [0, 0.05) is 18.5 Å². The lowest BCUT2D eigenvalue weighted by Crippen LogP contribution is -2.10. The van der Waals surface area contributed by atoms with Crippen LogP contribution in [0.2, 0.25) is 0 Å². The third kappa shape index (κ3) is 1.98. The molecule has 3 heteroatoms. The van der Waals surface area contributed by atoms with E-state index in [1.165, 1.54) is 30.5 Å². The molecule has 1 N–H and O–H groups in total. The van der Waals surface area contributed by atoms with E-state index < -0.39 is 0 Å². The predicted octanol–water partition coefficient (Wildman–Crippen LogP) is 1.71. The van der Waals surface area contributed by atoms with Gasteiger partial charge < -0.3 is 9.84 Å². The van der Waals surface area contributed by atoms with Gasteiger partial charge in [0.05, 0.1) is 5.69 Å². The van der Waals surface area contributed by atoms with Crippen molar-refractivity contribution in [3.05, 3.63) is 17.0 Å². The Balaban J connectivity index is 2.12. The van der Waals surface area contributed by atoms with Crippen LogP contribution in [0.25, 0.3) is 0 Å². The molecule has 1 aromatic rings. The van der Waals surface area contributed by atoms with E-state index in [2.05, 4.69) is 10.5 Å². The zero-order valence-electron chi connectivity index (χ0n) is 8.81. The van der Waals surface area contributed by atoms with Crippen LogP contribution >= 0.6 is 0 Å². The van der Waals surface area contributed by atoms with Crippen LogP contribution in [0.4, 0.5) is 0 Å². The highest BCUT2D eigenvalue weighted by Gasteiger charge is 2.17. The average molecular weight is 194 g/mol. The summed E-state index contributed by atoms with van der Waals surface area (Å²) >= 11 is 0. The van der Waals surface area contributed by atoms with Crippen LogP contribution in [0.3, 0.4) is 0 Å². The molecule has 0 unspecified atom stereocenters. The van der Waals surface area contributed by atoms with Gasteiger partial charge in [-0.05, 0) is 32.7 Å². The van der Waals surface area contributed by atoms with Crippen LogP contribution in [0.5, 0.6) is 0 Å². The number of hydrogen-bond acceptors (Lipinski definition) is 3. The summed E-state index contributed by atoms with van der Waals surface area (Å²) in [7, 11) is 1.97. The lowest BCUT2D eigenvalue weighted by atomic mass is 10.1. The first-order valence-corrected chi connectivity index (χ1v) is 5.52. The number of likely N-dealkylation sites (N-methyl/N-ethyl adjacent to an activating group) is 1. The van der Waals surface area contributed by atoms with Crippen molar-refractivity contribution >= 4 is 0 Å². The van der Waals surface area contributed by atoms with Crippen molar-refractivity contribution in [1.29, 1.82) is 0 Å². The van der Waals surface area contributed by atoms with E-state index in [-0.39, 0.29) is 0 Å². The SMILES string of the molecule is CNCCc1onc2c1CCCCC2. The van der Waals surface area contributed by atoms with E-state index in [9.17, 15) is 0 Å². The van der Waals surface area contributed by atoms with Crippen molar-refractivity contribution in [1.82, 2.24) is 10.5 Å². The smallest absolute Gasteiger partial charge is 0.141 e. The molecule has 3 nitrogen and oxygen atoms in total. The quantitative estimate of drug-likeness (QED) is 0.744. The molecule has 1 heterocycles. The highest BCUT2D eigenvalue weighted by molar-refractivity contribution is 5.24. The van der Waals surface area contributed by atoms with Gasteiger partial charge in [-0.2, -0.15) is 0 Å². The molecular weight excluding hydrogens is 176 g/mol. The van der Waals surface area contributed by atoms with E-state index in [0.717, 1.165) is 31.6 Å². The average Bonchev–Trinajstić information content (AvgIpc) is 2.45. The number of nitrogens with one attached hydrogen (secondary N) is 1. The molecular formula is C11H18N2O. The van der Waals surface area contributed by atoms with Crippen LogP contribution in [-0.4, -0.2) is 18.7 Å². The van der Waals surface area contributed by atoms with Crippen molar-refractivity contribution < 1.29 is 4.52 Å². The summed E-state index contributed by atoms with van der Waals surface area (Å²) in [5.74, 6) is 1.11. The Bertz CT molecular complexity index is 293. The van der Waals surface area contributed by atoms with Crippen molar-refractivity contribution in [2.24, 2.45) is 0 Å². The van der Waals surface area contributed by atoms with Crippen molar-refractivity contribution in [3.8, 4) is 0 Å². The lowest BCUT2D eigenvalue weighted by Gasteiger charge is -1.99. The monoisotopic (exact) mass is 194 g/mol. The third-order valence-electron chi connectivity index (χ3n) is 2.89. The highest BCUT2D eigenvalue weighted by atomic mass is 16.5. The molecule has 1 aliphatic carbocycles. The molecule has 0 aliphatic heterocycles. The summed E-state index contributed by atoms with van der Waals surface area (Å²) < 4.78 is 5.39. The van der Waals surface area contributed by atoms with E-state index in [4.69, 9.17) is 4.52 Å². The second kappa shape index (κ2) is 4.60. The summed E-state index contributed by atoms with van der Waals surface area (Å²) in [6.45, 7) is 0.974. The molecule has 0 atom stereocenters. The molecule has 0 saturated heterocycles. The van der Waals surface area contributed by atoms with Gasteiger partial charge in [0.1, 0.15) is 5.76 Å². The fourth-order valence-electron chi connectivity index (χ4n) is 2.07. The number of rotatable bonds is 3. The Labute approximate surface area is 84.9 Å². The molecule has 14 heavy (non-hydrogen) atoms. The largest absolute Gasteiger partial charge is 0.361 e. The van der Waals surface area contributed by atoms with Crippen molar-refractivity contribution in [2.45, 2.75) is 38.5 Å². The molecule has 1 aromatic heterocycles. The van der Waals surface area contributed by atoms with Crippen LogP contribution in [0.15, 0.2) is 4.52 Å². The van der Waals surface area contributed by atoms with Gasteiger partial charge in [-0.3, -0.25) is 0 Å². The fourth-order valence-corrected chi connectivity index (χ4v) is 2.07. The highest BCUT2D eigenvalue weighted by Crippen LogP contribution is 2.23. The minimum Gasteiger partial charge on any atom is -0.361 e. The van der Waals surface area contributed by atoms with Crippen LogP contribution < -0.4 is 5.32 Å². The van der Waals surface area contributed by atoms with E-state index in [0.29, 0.717) is 0 Å². The van der Waals surface area contributed by atoms with Gasteiger partial charge in [0.25, 0.3) is 0 Å². The Kier molecular flexibility index (Phi) is 3.19. The molecule has 0 aromatic carbocycles. The molecule has 1 aliphatic rings. The Morgan fingerprint density at radius 1 is 1.29 bits per heavy atom. The summed E-state index contributed by atoms with van der Waals surface area (Å²) in [4.78, 5) is 0. The fraction of sp³-hybridized carbons (Fsp3) is 0.727. The summed E-state index contributed by atoms with van der Waals surface area (Å²) in [5.41, 5.74) is 2.62. The molecule has 0 radical (unpaired) electrons. The lowest BCUT2D eigenvalue weighted by molar-refractivity contribution is 0.373. The first kappa shape index (κ1) is 9.71. The van der Waals surface area contributed by atoms with E-state index in [1.807, 2.05) is 7.05 Å². The van der Waals surface area contributed by atoms with E-state index in [1.54, 1.807) is 0 Å². The first-order chi connectivity index (χ1) is 6.92. The molecule has 0 fully saturated rings. The van der Waals surface area contributed by atoms with Crippen LogP contribution in [-0.2, 0) is 19.3 Å². The standard InChI is InChI=1S/C11H18N2O/c1-12-8-7-11-9-5-3-2-4-6-10(9)13-14-11/h12H,2-8H2,1H3. The maximum Gasteiger partial charge on any atom is 0.141 e. The number of aryl methyl sites for hydroxylation is 1. The van der Waals surface area contributed by atoms with Gasteiger partial charge in [-0.1, -0.05) is 11.6 Å². The number of aromatic nitrogens is 1. The first-order valence-electron chi connectivity index (χ1n) is 5.52. The zero-order chi connectivity index (χ0) is 9.80. The van der Waals surface area contributed by atoms with Crippen LogP contribution in [0, 0.1) is 0 Å². The normalized spacial score (nSPS) is 16.4. The van der Waals surface area contributed by atoms with Crippen molar-refractivity contribution in [2.75, 3.05) is 13.6 Å².